The van der Waals surface area contributed by atoms with Crippen LogP contribution in [-0.2, 0) is 4.74 Å². The molecule has 3 heteroatoms. The van der Waals surface area contributed by atoms with Crippen molar-refractivity contribution in [2.24, 2.45) is 0 Å². The molecule has 1 aliphatic heterocycles. The molecular formula is C10H19NOSi. The maximum absolute atomic E-state index is 8.55. The summed E-state index contributed by atoms with van der Waals surface area (Å²) >= 11 is 0. The molecule has 0 amide bonds. The van der Waals surface area contributed by atoms with Crippen LogP contribution in [0.15, 0.2) is 0 Å². The van der Waals surface area contributed by atoms with Gasteiger partial charge in [0, 0.05) is 0 Å². The molecule has 1 rings (SSSR count). The van der Waals surface area contributed by atoms with Crippen LogP contribution in [0.5, 0.6) is 0 Å². The van der Waals surface area contributed by atoms with E-state index in [1.54, 1.807) is 0 Å². The van der Waals surface area contributed by atoms with E-state index in [2.05, 4.69) is 39.9 Å². The quantitative estimate of drug-likeness (QED) is 0.504. The predicted molar refractivity (Wildman–Crippen MR) is 56.1 cm³/mol. The van der Waals surface area contributed by atoms with E-state index in [-0.39, 0.29) is 6.10 Å². The van der Waals surface area contributed by atoms with Gasteiger partial charge in [0.1, 0.15) is 0 Å². The van der Waals surface area contributed by atoms with E-state index in [1.165, 1.54) is 0 Å². The Kier molecular flexibility index (Phi) is 2.57. The first-order chi connectivity index (χ1) is 5.80. The zero-order valence-electron chi connectivity index (χ0n) is 9.22. The van der Waals surface area contributed by atoms with Gasteiger partial charge in [0.15, 0.2) is 0 Å². The molecule has 0 N–H and O–H groups in total. The van der Waals surface area contributed by atoms with Crippen molar-refractivity contribution in [3.05, 3.63) is 0 Å². The SMILES string of the molecule is CC(C)(C)[Si](C)(C)C1OC1CC#N. The Labute approximate surface area is 81.9 Å². The lowest BCUT2D eigenvalue weighted by Crippen LogP contribution is -2.44. The molecule has 2 unspecified atom stereocenters. The molecule has 0 saturated carbocycles. The Morgan fingerprint density at radius 1 is 1.38 bits per heavy atom. The average Bonchev–Trinajstić information content (AvgIpc) is 2.66. The monoisotopic (exact) mass is 197 g/mol. The Hall–Kier alpha value is -0.333. The van der Waals surface area contributed by atoms with E-state index in [0.29, 0.717) is 17.2 Å². The van der Waals surface area contributed by atoms with Gasteiger partial charge in [-0.3, -0.25) is 0 Å². The predicted octanol–water partition coefficient (Wildman–Crippen LogP) is 2.72. The lowest BCUT2D eigenvalue weighted by molar-refractivity contribution is 0.394. The molecule has 74 valence electrons. The van der Waals surface area contributed by atoms with Gasteiger partial charge in [0.2, 0.25) is 0 Å². The number of ether oxygens (including phenoxy) is 1. The van der Waals surface area contributed by atoms with Crippen molar-refractivity contribution in [2.45, 2.75) is 57.2 Å². The van der Waals surface area contributed by atoms with E-state index >= 15 is 0 Å². The van der Waals surface area contributed by atoms with Crippen molar-refractivity contribution in [2.75, 3.05) is 0 Å². The minimum Gasteiger partial charge on any atom is -0.372 e. The van der Waals surface area contributed by atoms with Crippen LogP contribution in [0.25, 0.3) is 0 Å². The van der Waals surface area contributed by atoms with E-state index in [4.69, 9.17) is 10.00 Å². The maximum atomic E-state index is 8.55. The van der Waals surface area contributed by atoms with Crippen LogP contribution >= 0.6 is 0 Å². The fourth-order valence-corrected chi connectivity index (χ4v) is 3.87. The molecule has 13 heavy (non-hydrogen) atoms. The fraction of sp³-hybridized carbons (Fsp3) is 0.900. The van der Waals surface area contributed by atoms with Crippen LogP contribution in [0.4, 0.5) is 0 Å². The smallest absolute Gasteiger partial charge is 0.0937 e. The molecule has 1 heterocycles. The summed E-state index contributed by atoms with van der Waals surface area (Å²) in [4.78, 5) is 0. The Balaban J connectivity index is 2.60. The van der Waals surface area contributed by atoms with Crippen LogP contribution in [0.3, 0.4) is 0 Å². The first-order valence-corrected chi connectivity index (χ1v) is 7.91. The van der Waals surface area contributed by atoms with Crippen LogP contribution in [0.2, 0.25) is 18.1 Å². The lowest BCUT2D eigenvalue weighted by atomic mass is 10.2. The highest BCUT2D eigenvalue weighted by molar-refractivity contribution is 6.82. The maximum Gasteiger partial charge on any atom is 0.0937 e. The standard InChI is InChI=1S/C10H19NOSi/c1-10(2,3)13(4,5)9-8(12-9)6-7-11/h8-9H,6H2,1-5H3. The molecule has 0 aliphatic carbocycles. The van der Waals surface area contributed by atoms with Crippen LogP contribution < -0.4 is 0 Å². The van der Waals surface area contributed by atoms with Gasteiger partial charge >= 0.3 is 0 Å². The molecule has 1 aliphatic rings. The van der Waals surface area contributed by atoms with Gasteiger partial charge in [-0.2, -0.15) is 5.26 Å². The summed E-state index contributed by atoms with van der Waals surface area (Å²) in [6, 6.07) is 2.18. The van der Waals surface area contributed by atoms with E-state index in [1.807, 2.05) is 0 Å². The molecule has 0 bridgehead atoms. The number of hydrogen-bond donors (Lipinski definition) is 0. The second-order valence-electron chi connectivity index (χ2n) is 5.43. The molecule has 2 atom stereocenters. The van der Waals surface area contributed by atoms with Crippen molar-refractivity contribution in [3.8, 4) is 6.07 Å². The number of nitrogens with zero attached hydrogens (tertiary/aromatic N) is 1. The van der Waals surface area contributed by atoms with Gasteiger partial charge in [-0.1, -0.05) is 33.9 Å². The van der Waals surface area contributed by atoms with Crippen molar-refractivity contribution >= 4 is 8.07 Å². The van der Waals surface area contributed by atoms with E-state index < -0.39 is 8.07 Å². The van der Waals surface area contributed by atoms with Gasteiger partial charge in [0.05, 0.1) is 32.4 Å². The molecule has 0 radical (unpaired) electrons. The summed E-state index contributed by atoms with van der Waals surface area (Å²) in [5.41, 5.74) is 0.409. The van der Waals surface area contributed by atoms with Crippen molar-refractivity contribution in [1.82, 2.24) is 0 Å². The molecule has 0 aromatic carbocycles. The molecule has 0 aromatic heterocycles. The average molecular weight is 197 g/mol. The number of nitriles is 1. The number of epoxide rings is 1. The second-order valence-corrected chi connectivity index (χ2v) is 10.9. The summed E-state index contributed by atoms with van der Waals surface area (Å²) in [5.74, 6) is 0. The lowest BCUT2D eigenvalue weighted by Gasteiger charge is -2.35. The van der Waals surface area contributed by atoms with Crippen molar-refractivity contribution in [3.63, 3.8) is 0 Å². The van der Waals surface area contributed by atoms with Gasteiger partial charge in [-0.25, -0.2) is 0 Å². The highest BCUT2D eigenvalue weighted by Gasteiger charge is 2.55. The molecule has 0 spiro atoms. The van der Waals surface area contributed by atoms with Crippen LogP contribution in [0.1, 0.15) is 27.2 Å². The highest BCUT2D eigenvalue weighted by atomic mass is 28.3. The van der Waals surface area contributed by atoms with Crippen LogP contribution in [0, 0.1) is 11.3 Å². The highest BCUT2D eigenvalue weighted by Crippen LogP contribution is 2.46. The Morgan fingerprint density at radius 2 is 1.92 bits per heavy atom. The summed E-state index contributed by atoms with van der Waals surface area (Å²) < 4.78 is 5.59. The van der Waals surface area contributed by atoms with E-state index in [9.17, 15) is 0 Å². The van der Waals surface area contributed by atoms with E-state index in [0.717, 1.165) is 0 Å². The summed E-state index contributed by atoms with van der Waals surface area (Å²) in [6.45, 7) is 11.6. The molecule has 1 saturated heterocycles. The van der Waals surface area contributed by atoms with Crippen LogP contribution in [-0.4, -0.2) is 19.9 Å². The largest absolute Gasteiger partial charge is 0.372 e. The second kappa shape index (κ2) is 3.11. The number of rotatable bonds is 2. The third-order valence-corrected chi connectivity index (χ3v) is 9.32. The zero-order chi connectivity index (χ0) is 10.3. The first-order valence-electron chi connectivity index (χ1n) is 4.83. The third-order valence-electron chi connectivity index (χ3n) is 3.52. The fourth-order valence-electron chi connectivity index (χ4n) is 1.45. The van der Waals surface area contributed by atoms with Gasteiger partial charge in [0.25, 0.3) is 0 Å². The number of hydrogen-bond acceptors (Lipinski definition) is 2. The van der Waals surface area contributed by atoms with Gasteiger partial charge in [-0.15, -0.1) is 0 Å². The van der Waals surface area contributed by atoms with Gasteiger partial charge < -0.3 is 4.74 Å². The zero-order valence-corrected chi connectivity index (χ0v) is 10.2. The normalized spacial score (nSPS) is 28.3. The molecule has 2 nitrogen and oxygen atoms in total. The summed E-state index contributed by atoms with van der Waals surface area (Å²) in [7, 11) is -1.34. The minimum absolute atomic E-state index is 0.242. The summed E-state index contributed by atoms with van der Waals surface area (Å²) in [5, 5.41) is 8.91. The summed E-state index contributed by atoms with van der Waals surface area (Å²) in [6.07, 6.45) is 0.808. The Bertz CT molecular complexity index is 236. The topological polar surface area (TPSA) is 36.3 Å². The molecule has 0 aromatic rings. The Morgan fingerprint density at radius 3 is 2.31 bits per heavy atom. The minimum atomic E-state index is -1.34. The first kappa shape index (κ1) is 10.7. The molecular weight excluding hydrogens is 178 g/mol. The van der Waals surface area contributed by atoms with Gasteiger partial charge in [-0.05, 0) is 5.04 Å². The third kappa shape index (κ3) is 1.95. The van der Waals surface area contributed by atoms with Crippen molar-refractivity contribution in [1.29, 1.82) is 5.26 Å². The van der Waals surface area contributed by atoms with Crippen molar-refractivity contribution < 1.29 is 4.74 Å². The molecule has 1 fully saturated rings.